The Bertz CT molecular complexity index is 903. The number of para-hydroxylation sites is 1. The third-order valence-electron chi connectivity index (χ3n) is 3.48. The van der Waals surface area contributed by atoms with Gasteiger partial charge in [0.25, 0.3) is 0 Å². The van der Waals surface area contributed by atoms with Crippen LogP contribution in [0, 0.1) is 5.82 Å². The molecule has 3 aromatic rings. The van der Waals surface area contributed by atoms with Gasteiger partial charge in [-0.25, -0.2) is 4.39 Å². The van der Waals surface area contributed by atoms with Crippen molar-refractivity contribution in [2.45, 2.75) is 0 Å². The van der Waals surface area contributed by atoms with Crippen LogP contribution in [-0.2, 0) is 0 Å². The summed E-state index contributed by atoms with van der Waals surface area (Å²) in [4.78, 5) is 16.4. The molecule has 0 radical (unpaired) electrons. The van der Waals surface area contributed by atoms with Crippen molar-refractivity contribution in [1.29, 1.82) is 0 Å². The highest BCUT2D eigenvalue weighted by atomic mass is 19.1. The number of hydrogen-bond donors (Lipinski definition) is 0. The Hall–Kier alpha value is -3.01. The largest absolute Gasteiger partial charge is 0.497 e. The van der Waals surface area contributed by atoms with Gasteiger partial charge < -0.3 is 4.74 Å². The van der Waals surface area contributed by atoms with Crippen LogP contribution < -0.4 is 4.74 Å². The summed E-state index contributed by atoms with van der Waals surface area (Å²) in [6.45, 7) is 0. The number of nitrogens with zero attached hydrogens (tertiary/aromatic N) is 1. The molecule has 4 heteroatoms. The molecule has 3 nitrogen and oxygen atoms in total. The molecule has 23 heavy (non-hydrogen) atoms. The van der Waals surface area contributed by atoms with E-state index in [9.17, 15) is 9.18 Å². The molecule has 0 aliphatic heterocycles. The Kier molecular flexibility index (Phi) is 4.15. The number of fused-ring (bicyclic) bond motifs is 1. The molecular formula is C19H14FNO2. The highest BCUT2D eigenvalue weighted by Crippen LogP contribution is 2.18. The number of methoxy groups -OCH3 is 1. The normalized spacial score (nSPS) is 11.0. The summed E-state index contributed by atoms with van der Waals surface area (Å²) < 4.78 is 18.8. The summed E-state index contributed by atoms with van der Waals surface area (Å²) in [5.41, 5.74) is 1.68. The van der Waals surface area contributed by atoms with Crippen LogP contribution in [0.4, 0.5) is 4.39 Å². The number of hydrogen-bond acceptors (Lipinski definition) is 3. The zero-order valence-electron chi connectivity index (χ0n) is 12.5. The minimum atomic E-state index is -0.601. The van der Waals surface area contributed by atoms with Crippen LogP contribution in [-0.4, -0.2) is 17.9 Å². The lowest BCUT2D eigenvalue weighted by molar-refractivity contribution is 0.104. The van der Waals surface area contributed by atoms with Crippen molar-refractivity contribution in [3.05, 3.63) is 77.7 Å². The summed E-state index contributed by atoms with van der Waals surface area (Å²) in [5, 5.41) is 0.984. The minimum absolute atomic E-state index is 0.01000. The number of halogens is 1. The van der Waals surface area contributed by atoms with Crippen molar-refractivity contribution < 1.29 is 13.9 Å². The number of allylic oxidation sites excluding steroid dienone is 1. The Morgan fingerprint density at radius 1 is 1.17 bits per heavy atom. The summed E-state index contributed by atoms with van der Waals surface area (Å²) in [5.74, 6) is -0.629. The van der Waals surface area contributed by atoms with Gasteiger partial charge >= 0.3 is 0 Å². The van der Waals surface area contributed by atoms with Gasteiger partial charge in [0.15, 0.2) is 5.78 Å². The zero-order chi connectivity index (χ0) is 16.2. The highest BCUT2D eigenvalue weighted by Gasteiger charge is 2.09. The molecule has 0 aliphatic rings. The standard InChI is InChI=1S/C19H14FNO2/c1-23-15-7-8-16(17(20)11-15)19(22)9-6-13-10-14-4-2-3-5-18(14)21-12-13/h2-12H,1H3. The van der Waals surface area contributed by atoms with Gasteiger partial charge in [0, 0.05) is 17.6 Å². The van der Waals surface area contributed by atoms with Crippen LogP contribution in [0.25, 0.3) is 17.0 Å². The molecule has 1 aromatic heterocycles. The van der Waals surface area contributed by atoms with Crippen molar-refractivity contribution in [3.63, 3.8) is 0 Å². The number of pyridine rings is 1. The first-order valence-corrected chi connectivity index (χ1v) is 7.08. The van der Waals surface area contributed by atoms with Crippen LogP contribution in [0.5, 0.6) is 5.75 Å². The predicted molar refractivity (Wildman–Crippen MR) is 88.1 cm³/mol. The van der Waals surface area contributed by atoms with Gasteiger partial charge in [-0.3, -0.25) is 9.78 Å². The smallest absolute Gasteiger partial charge is 0.188 e. The van der Waals surface area contributed by atoms with Gasteiger partial charge in [-0.05, 0) is 42.0 Å². The fourth-order valence-electron chi connectivity index (χ4n) is 2.26. The van der Waals surface area contributed by atoms with E-state index in [2.05, 4.69) is 4.98 Å². The Morgan fingerprint density at radius 2 is 2.00 bits per heavy atom. The van der Waals surface area contributed by atoms with E-state index < -0.39 is 11.6 Å². The van der Waals surface area contributed by atoms with Gasteiger partial charge in [-0.1, -0.05) is 18.2 Å². The zero-order valence-corrected chi connectivity index (χ0v) is 12.5. The third kappa shape index (κ3) is 3.26. The molecule has 0 saturated carbocycles. The molecule has 0 fully saturated rings. The number of carbonyl (C=O) groups is 1. The average molecular weight is 307 g/mol. The summed E-state index contributed by atoms with van der Waals surface area (Å²) in [6.07, 6.45) is 4.65. The van der Waals surface area contributed by atoms with E-state index in [0.29, 0.717) is 5.75 Å². The van der Waals surface area contributed by atoms with Crippen LogP contribution in [0.15, 0.2) is 60.8 Å². The lowest BCUT2D eigenvalue weighted by Gasteiger charge is -2.02. The lowest BCUT2D eigenvalue weighted by atomic mass is 10.1. The number of benzene rings is 2. The van der Waals surface area contributed by atoms with Crippen LogP contribution in [0.3, 0.4) is 0 Å². The second kappa shape index (κ2) is 6.40. The number of carbonyl (C=O) groups excluding carboxylic acids is 1. The molecule has 1 heterocycles. The maximum Gasteiger partial charge on any atom is 0.188 e. The molecule has 0 amide bonds. The molecule has 0 aliphatic carbocycles. The monoisotopic (exact) mass is 307 g/mol. The highest BCUT2D eigenvalue weighted by molar-refractivity contribution is 6.07. The SMILES string of the molecule is COc1ccc(C(=O)C=Cc2cnc3ccccc3c2)c(F)c1. The van der Waals surface area contributed by atoms with Crippen molar-refractivity contribution in [2.24, 2.45) is 0 Å². The first-order chi connectivity index (χ1) is 11.2. The number of ketones is 1. The number of ether oxygens (including phenoxy) is 1. The molecule has 0 bridgehead atoms. The molecule has 0 N–H and O–H groups in total. The van der Waals surface area contributed by atoms with Crippen LogP contribution in [0.2, 0.25) is 0 Å². The Labute approximate surface area is 133 Å². The van der Waals surface area contributed by atoms with Crippen molar-refractivity contribution in [3.8, 4) is 5.75 Å². The van der Waals surface area contributed by atoms with E-state index in [1.54, 1.807) is 18.3 Å². The van der Waals surface area contributed by atoms with E-state index in [-0.39, 0.29) is 5.56 Å². The third-order valence-corrected chi connectivity index (χ3v) is 3.48. The first kappa shape index (κ1) is 14.9. The second-order valence-electron chi connectivity index (χ2n) is 5.00. The van der Waals surface area contributed by atoms with Gasteiger partial charge in [0.05, 0.1) is 18.2 Å². The van der Waals surface area contributed by atoms with E-state index >= 15 is 0 Å². The van der Waals surface area contributed by atoms with Gasteiger partial charge in [-0.2, -0.15) is 0 Å². The second-order valence-corrected chi connectivity index (χ2v) is 5.00. The maximum atomic E-state index is 13.9. The lowest BCUT2D eigenvalue weighted by Crippen LogP contribution is -1.99. The molecule has 0 saturated heterocycles. The molecule has 0 atom stereocenters. The Balaban J connectivity index is 1.84. The summed E-state index contributed by atoms with van der Waals surface area (Å²) in [6, 6.07) is 13.8. The van der Waals surface area contributed by atoms with E-state index in [1.807, 2.05) is 30.3 Å². The molecule has 3 rings (SSSR count). The fourth-order valence-corrected chi connectivity index (χ4v) is 2.26. The van der Waals surface area contributed by atoms with E-state index in [0.717, 1.165) is 16.5 Å². The quantitative estimate of drug-likeness (QED) is 0.533. The topological polar surface area (TPSA) is 39.2 Å². The Morgan fingerprint density at radius 3 is 2.78 bits per heavy atom. The van der Waals surface area contributed by atoms with Crippen molar-refractivity contribution >= 4 is 22.8 Å². The number of rotatable bonds is 4. The first-order valence-electron chi connectivity index (χ1n) is 7.08. The molecule has 114 valence electrons. The molecule has 0 unspecified atom stereocenters. The van der Waals surface area contributed by atoms with Gasteiger partial charge in [-0.15, -0.1) is 0 Å². The predicted octanol–water partition coefficient (Wildman–Crippen LogP) is 4.28. The van der Waals surface area contributed by atoms with Crippen LogP contribution >= 0.6 is 0 Å². The maximum absolute atomic E-state index is 13.9. The van der Waals surface area contributed by atoms with Gasteiger partial charge in [0.1, 0.15) is 11.6 Å². The number of aromatic nitrogens is 1. The van der Waals surface area contributed by atoms with Crippen molar-refractivity contribution in [2.75, 3.05) is 7.11 Å². The van der Waals surface area contributed by atoms with Crippen LogP contribution in [0.1, 0.15) is 15.9 Å². The summed E-state index contributed by atoms with van der Waals surface area (Å²) >= 11 is 0. The molecular weight excluding hydrogens is 293 g/mol. The van der Waals surface area contributed by atoms with E-state index in [4.69, 9.17) is 4.74 Å². The van der Waals surface area contributed by atoms with E-state index in [1.165, 1.54) is 25.3 Å². The average Bonchev–Trinajstić information content (AvgIpc) is 2.59. The molecule has 2 aromatic carbocycles. The van der Waals surface area contributed by atoms with Crippen molar-refractivity contribution in [1.82, 2.24) is 4.98 Å². The molecule has 0 spiro atoms. The fraction of sp³-hybridized carbons (Fsp3) is 0.0526. The van der Waals surface area contributed by atoms with Gasteiger partial charge in [0.2, 0.25) is 0 Å². The summed E-state index contributed by atoms with van der Waals surface area (Å²) in [7, 11) is 1.45. The minimum Gasteiger partial charge on any atom is -0.497 e.